The lowest BCUT2D eigenvalue weighted by molar-refractivity contribution is 0.122. The van der Waals surface area contributed by atoms with Crippen LogP contribution in [0.5, 0.6) is 0 Å². The maximum atomic E-state index is 5.44. The van der Waals surface area contributed by atoms with Gasteiger partial charge in [0.05, 0.1) is 19.8 Å². The van der Waals surface area contributed by atoms with E-state index in [9.17, 15) is 0 Å². The van der Waals surface area contributed by atoms with E-state index >= 15 is 0 Å². The number of likely N-dealkylation sites (N-methyl/N-ethyl adjacent to an activating group) is 1. The Morgan fingerprint density at radius 1 is 1.35 bits per heavy atom. The molecule has 112 valence electrons. The van der Waals surface area contributed by atoms with Gasteiger partial charge in [0.15, 0.2) is 0 Å². The zero-order valence-corrected chi connectivity index (χ0v) is 13.9. The average molecular weight is 343 g/mol. The van der Waals surface area contributed by atoms with Crippen molar-refractivity contribution >= 4 is 21.6 Å². The smallest absolute Gasteiger partial charge is 0.0642 e. The summed E-state index contributed by atoms with van der Waals surface area (Å²) in [5.41, 5.74) is 2.67. The van der Waals surface area contributed by atoms with Crippen molar-refractivity contribution in [1.82, 2.24) is 4.90 Å². The van der Waals surface area contributed by atoms with Crippen molar-refractivity contribution in [2.45, 2.75) is 6.54 Å². The van der Waals surface area contributed by atoms with Gasteiger partial charge in [-0.3, -0.25) is 4.90 Å². The normalized spacial score (nSPS) is 15.9. The third kappa shape index (κ3) is 4.45. The molecule has 0 aromatic heterocycles. The number of nitrogens with zero attached hydrogens (tertiary/aromatic N) is 2. The van der Waals surface area contributed by atoms with Crippen LogP contribution in [0.15, 0.2) is 22.7 Å². The molecule has 1 fully saturated rings. The zero-order valence-electron chi connectivity index (χ0n) is 12.3. The van der Waals surface area contributed by atoms with Crippen LogP contribution < -0.4 is 4.90 Å². The Morgan fingerprint density at radius 3 is 2.80 bits per heavy atom. The maximum absolute atomic E-state index is 5.44. The van der Waals surface area contributed by atoms with Gasteiger partial charge in [0.1, 0.15) is 0 Å². The molecule has 0 spiro atoms. The molecule has 0 unspecified atom stereocenters. The van der Waals surface area contributed by atoms with Crippen LogP contribution in [0.2, 0.25) is 0 Å². The fourth-order valence-electron chi connectivity index (χ4n) is 2.41. The third-order valence-corrected chi connectivity index (χ3v) is 4.00. The summed E-state index contributed by atoms with van der Waals surface area (Å²) in [5.74, 6) is 0. The van der Waals surface area contributed by atoms with Gasteiger partial charge in [-0.2, -0.15) is 0 Å². The number of halogens is 1. The highest BCUT2D eigenvalue weighted by atomic mass is 79.9. The van der Waals surface area contributed by atoms with Crippen molar-refractivity contribution in [3.63, 3.8) is 0 Å². The molecule has 0 aliphatic carbocycles. The topological polar surface area (TPSA) is 24.9 Å². The summed E-state index contributed by atoms with van der Waals surface area (Å²) in [5, 5.41) is 0. The lowest BCUT2D eigenvalue weighted by Gasteiger charge is -2.31. The first kappa shape index (κ1) is 15.8. The van der Waals surface area contributed by atoms with E-state index in [1.165, 1.54) is 11.3 Å². The number of hydrogen-bond acceptors (Lipinski definition) is 4. The highest BCUT2D eigenvalue weighted by Crippen LogP contribution is 2.26. The first-order valence-electron chi connectivity index (χ1n) is 6.99. The van der Waals surface area contributed by atoms with Crippen molar-refractivity contribution < 1.29 is 9.47 Å². The number of methoxy groups -OCH3 is 1. The van der Waals surface area contributed by atoms with Crippen molar-refractivity contribution in [1.29, 1.82) is 0 Å². The Kier molecular flexibility index (Phi) is 6.29. The van der Waals surface area contributed by atoms with Gasteiger partial charge in [-0.05, 0) is 30.8 Å². The van der Waals surface area contributed by atoms with E-state index in [-0.39, 0.29) is 0 Å². The Labute approximate surface area is 129 Å². The predicted octanol–water partition coefficient (Wildman–Crippen LogP) is 2.36. The molecule has 0 amide bonds. The number of hydrogen-bond donors (Lipinski definition) is 0. The van der Waals surface area contributed by atoms with E-state index in [2.05, 4.69) is 51.0 Å². The van der Waals surface area contributed by atoms with Crippen LogP contribution in [0, 0.1) is 0 Å². The molecule has 0 N–H and O–H groups in total. The van der Waals surface area contributed by atoms with Gasteiger partial charge in [-0.25, -0.2) is 0 Å². The van der Waals surface area contributed by atoms with Crippen LogP contribution in [-0.4, -0.2) is 58.5 Å². The van der Waals surface area contributed by atoms with E-state index in [4.69, 9.17) is 9.47 Å². The second-order valence-corrected chi connectivity index (χ2v) is 6.02. The minimum absolute atomic E-state index is 0.761. The number of ether oxygens (including phenoxy) is 2. The molecule has 1 aromatic rings. The highest BCUT2D eigenvalue weighted by molar-refractivity contribution is 9.10. The van der Waals surface area contributed by atoms with Gasteiger partial charge in [-0.15, -0.1) is 0 Å². The molecule has 0 radical (unpaired) electrons. The Hall–Kier alpha value is -0.620. The summed E-state index contributed by atoms with van der Waals surface area (Å²) >= 11 is 3.58. The second kappa shape index (κ2) is 7.98. The van der Waals surface area contributed by atoms with Gasteiger partial charge in [0.25, 0.3) is 0 Å². The van der Waals surface area contributed by atoms with E-state index < -0.39 is 0 Å². The summed E-state index contributed by atoms with van der Waals surface area (Å²) in [6, 6.07) is 6.53. The van der Waals surface area contributed by atoms with Gasteiger partial charge >= 0.3 is 0 Å². The summed E-state index contributed by atoms with van der Waals surface area (Å²) in [6.07, 6.45) is 0. The molecule has 1 aliphatic heterocycles. The molecule has 1 heterocycles. The lowest BCUT2D eigenvalue weighted by Crippen LogP contribution is -2.37. The number of benzene rings is 1. The van der Waals surface area contributed by atoms with Crippen LogP contribution >= 0.6 is 15.9 Å². The van der Waals surface area contributed by atoms with Crippen LogP contribution in [0.1, 0.15) is 5.56 Å². The predicted molar refractivity (Wildman–Crippen MR) is 85.4 cm³/mol. The summed E-state index contributed by atoms with van der Waals surface area (Å²) in [7, 11) is 3.87. The summed E-state index contributed by atoms with van der Waals surface area (Å²) < 4.78 is 11.7. The molecule has 4 nitrogen and oxygen atoms in total. The maximum Gasteiger partial charge on any atom is 0.0642 e. The molecule has 0 saturated carbocycles. The fraction of sp³-hybridized carbons (Fsp3) is 0.600. The third-order valence-electron chi connectivity index (χ3n) is 3.51. The van der Waals surface area contributed by atoms with Crippen LogP contribution in [-0.2, 0) is 16.0 Å². The fourth-order valence-corrected chi connectivity index (χ4v) is 2.82. The molecule has 1 aromatic carbocycles. The van der Waals surface area contributed by atoms with Crippen LogP contribution in [0.3, 0.4) is 0 Å². The summed E-state index contributed by atoms with van der Waals surface area (Å²) in [4.78, 5) is 4.70. The van der Waals surface area contributed by atoms with E-state index in [0.29, 0.717) is 0 Å². The SMILES string of the molecule is COCCN(C)Cc1cc(Br)ccc1N1CCOCC1. The van der Waals surface area contributed by atoms with Gasteiger partial charge < -0.3 is 14.4 Å². The molecule has 0 bridgehead atoms. The monoisotopic (exact) mass is 342 g/mol. The molecule has 0 atom stereocenters. The number of rotatable bonds is 6. The average Bonchev–Trinajstić information content (AvgIpc) is 2.46. The van der Waals surface area contributed by atoms with Gasteiger partial charge in [-0.1, -0.05) is 15.9 Å². The molecule has 1 saturated heterocycles. The van der Waals surface area contributed by atoms with E-state index in [0.717, 1.165) is 50.5 Å². The van der Waals surface area contributed by atoms with Crippen LogP contribution in [0.25, 0.3) is 0 Å². The van der Waals surface area contributed by atoms with Gasteiger partial charge in [0.2, 0.25) is 0 Å². The quantitative estimate of drug-likeness (QED) is 0.792. The summed E-state index contributed by atoms with van der Waals surface area (Å²) in [6.45, 7) is 6.19. The lowest BCUT2D eigenvalue weighted by atomic mass is 10.1. The Morgan fingerprint density at radius 2 is 2.10 bits per heavy atom. The molecular formula is C15H23BrN2O2. The van der Waals surface area contributed by atoms with E-state index in [1.807, 2.05) is 0 Å². The van der Waals surface area contributed by atoms with Crippen molar-refractivity contribution in [3.8, 4) is 0 Å². The van der Waals surface area contributed by atoms with Crippen molar-refractivity contribution in [2.75, 3.05) is 58.5 Å². The molecule has 20 heavy (non-hydrogen) atoms. The number of morpholine rings is 1. The molecular weight excluding hydrogens is 320 g/mol. The minimum Gasteiger partial charge on any atom is -0.383 e. The Bertz CT molecular complexity index is 422. The first-order valence-corrected chi connectivity index (χ1v) is 7.78. The molecule has 2 rings (SSSR count). The zero-order chi connectivity index (χ0) is 14.4. The number of anilines is 1. The largest absolute Gasteiger partial charge is 0.383 e. The molecule has 5 heteroatoms. The minimum atomic E-state index is 0.761. The highest BCUT2D eigenvalue weighted by Gasteiger charge is 2.15. The first-order chi connectivity index (χ1) is 9.70. The van der Waals surface area contributed by atoms with Crippen molar-refractivity contribution in [3.05, 3.63) is 28.2 Å². The van der Waals surface area contributed by atoms with Crippen LogP contribution in [0.4, 0.5) is 5.69 Å². The standard InChI is InChI=1S/C15H23BrN2O2/c1-17(5-8-19-2)12-13-11-14(16)3-4-15(13)18-6-9-20-10-7-18/h3-4,11H,5-10,12H2,1-2H3. The second-order valence-electron chi connectivity index (χ2n) is 5.10. The Balaban J connectivity index is 2.10. The van der Waals surface area contributed by atoms with Gasteiger partial charge in [0, 0.05) is 43.4 Å². The van der Waals surface area contributed by atoms with E-state index in [1.54, 1.807) is 7.11 Å². The molecule has 1 aliphatic rings. The van der Waals surface area contributed by atoms with Crippen molar-refractivity contribution in [2.24, 2.45) is 0 Å².